The number of hydrogen-bond donors (Lipinski definition) is 2. The summed E-state index contributed by atoms with van der Waals surface area (Å²) in [6, 6.07) is 14.7. The molecule has 1 atom stereocenters. The first kappa shape index (κ1) is 17.4. The van der Waals surface area contributed by atoms with Crippen LogP contribution >= 0.6 is 0 Å². The summed E-state index contributed by atoms with van der Waals surface area (Å²) in [4.78, 5) is 3.25. The maximum Gasteiger partial charge on any atom is 0.120 e. The van der Waals surface area contributed by atoms with Crippen LogP contribution in [0.2, 0.25) is 0 Å². The molecule has 4 nitrogen and oxygen atoms in total. The van der Waals surface area contributed by atoms with Gasteiger partial charge in [0.25, 0.3) is 0 Å². The molecule has 2 aromatic carbocycles. The molecule has 0 aliphatic heterocycles. The normalized spacial score (nSPS) is 12.3. The van der Waals surface area contributed by atoms with Gasteiger partial charge in [-0.25, -0.2) is 0 Å². The third-order valence-corrected chi connectivity index (χ3v) is 4.49. The van der Waals surface area contributed by atoms with Crippen LogP contribution in [-0.2, 0) is 0 Å². The summed E-state index contributed by atoms with van der Waals surface area (Å²) >= 11 is 0. The first-order chi connectivity index (χ1) is 12.2. The lowest BCUT2D eigenvalue weighted by molar-refractivity contribution is 0.306. The number of rotatable bonds is 8. The number of aryl methyl sites for hydroxylation is 1. The molecule has 25 heavy (non-hydrogen) atoms. The van der Waals surface area contributed by atoms with E-state index in [2.05, 4.69) is 48.4 Å². The van der Waals surface area contributed by atoms with Crippen LogP contribution in [0.3, 0.4) is 0 Å². The molecule has 0 amide bonds. The molecule has 1 aromatic heterocycles. The second-order valence-corrected chi connectivity index (χ2v) is 6.33. The molecule has 0 spiro atoms. The highest BCUT2D eigenvalue weighted by atomic mass is 16.5. The lowest BCUT2D eigenvalue weighted by Crippen LogP contribution is -2.21. The zero-order valence-corrected chi connectivity index (χ0v) is 15.1. The van der Waals surface area contributed by atoms with Crippen molar-refractivity contribution in [1.29, 1.82) is 0 Å². The number of aromatic amines is 1. The Morgan fingerprint density at radius 2 is 2.00 bits per heavy atom. The topological polar surface area (TPSA) is 46.3 Å². The summed E-state index contributed by atoms with van der Waals surface area (Å²) in [5.74, 6) is 1.82. The van der Waals surface area contributed by atoms with Crippen LogP contribution in [0, 0.1) is 6.92 Å². The Labute approximate surface area is 149 Å². The van der Waals surface area contributed by atoms with Crippen molar-refractivity contribution >= 4 is 10.9 Å². The van der Waals surface area contributed by atoms with Gasteiger partial charge < -0.3 is 19.8 Å². The number of benzene rings is 2. The minimum absolute atomic E-state index is 0.286. The number of aromatic nitrogens is 1. The van der Waals surface area contributed by atoms with Crippen molar-refractivity contribution in [2.24, 2.45) is 0 Å². The highest BCUT2D eigenvalue weighted by molar-refractivity contribution is 5.84. The molecule has 0 radical (unpaired) electrons. The number of nitrogens with one attached hydrogen (secondary N) is 2. The second-order valence-electron chi connectivity index (χ2n) is 6.33. The third kappa shape index (κ3) is 4.34. The Morgan fingerprint density at radius 3 is 2.84 bits per heavy atom. The van der Waals surface area contributed by atoms with E-state index in [1.807, 2.05) is 24.4 Å². The molecule has 0 bridgehead atoms. The largest absolute Gasteiger partial charge is 0.497 e. The van der Waals surface area contributed by atoms with Crippen molar-refractivity contribution in [3.63, 3.8) is 0 Å². The van der Waals surface area contributed by atoms with Crippen LogP contribution in [-0.4, -0.2) is 25.2 Å². The van der Waals surface area contributed by atoms with Gasteiger partial charge >= 0.3 is 0 Å². The second kappa shape index (κ2) is 8.08. The molecule has 0 saturated heterocycles. The Balaban J connectivity index is 1.44. The van der Waals surface area contributed by atoms with Gasteiger partial charge in [-0.2, -0.15) is 0 Å². The fraction of sp³-hybridized carbons (Fsp3) is 0.333. The van der Waals surface area contributed by atoms with Gasteiger partial charge in [0, 0.05) is 23.1 Å². The molecule has 0 unspecified atom stereocenters. The van der Waals surface area contributed by atoms with E-state index in [0.717, 1.165) is 30.0 Å². The summed E-state index contributed by atoms with van der Waals surface area (Å²) < 4.78 is 11.2. The Bertz CT molecular complexity index is 826. The van der Waals surface area contributed by atoms with E-state index in [4.69, 9.17) is 9.47 Å². The highest BCUT2D eigenvalue weighted by Crippen LogP contribution is 2.23. The molecule has 0 saturated carbocycles. The van der Waals surface area contributed by atoms with Crippen LogP contribution in [0.1, 0.15) is 30.5 Å². The van der Waals surface area contributed by atoms with Crippen molar-refractivity contribution in [2.45, 2.75) is 26.3 Å². The van der Waals surface area contributed by atoms with Crippen molar-refractivity contribution in [3.05, 3.63) is 59.8 Å². The third-order valence-electron chi connectivity index (χ3n) is 4.49. The van der Waals surface area contributed by atoms with Crippen LogP contribution in [0.15, 0.2) is 48.7 Å². The zero-order chi connectivity index (χ0) is 17.6. The van der Waals surface area contributed by atoms with E-state index in [1.165, 1.54) is 16.5 Å². The predicted molar refractivity (Wildman–Crippen MR) is 103 cm³/mol. The van der Waals surface area contributed by atoms with Gasteiger partial charge in [0.1, 0.15) is 11.5 Å². The maximum atomic E-state index is 5.89. The minimum atomic E-state index is 0.286. The van der Waals surface area contributed by atoms with Gasteiger partial charge in [0.15, 0.2) is 0 Å². The van der Waals surface area contributed by atoms with Crippen LogP contribution in [0.5, 0.6) is 11.5 Å². The van der Waals surface area contributed by atoms with Crippen molar-refractivity contribution in [3.8, 4) is 11.5 Å². The Morgan fingerprint density at radius 1 is 1.12 bits per heavy atom. The van der Waals surface area contributed by atoms with Crippen LogP contribution in [0.4, 0.5) is 0 Å². The van der Waals surface area contributed by atoms with E-state index in [9.17, 15) is 0 Å². The maximum absolute atomic E-state index is 5.89. The van der Waals surface area contributed by atoms with E-state index in [-0.39, 0.29) is 6.04 Å². The first-order valence-corrected chi connectivity index (χ1v) is 8.75. The monoisotopic (exact) mass is 338 g/mol. The lowest BCUT2D eigenvalue weighted by Gasteiger charge is -2.15. The highest BCUT2D eigenvalue weighted by Gasteiger charge is 2.06. The molecular formula is C21H26N2O2. The molecule has 0 aliphatic carbocycles. The molecule has 4 heteroatoms. The molecule has 0 aliphatic rings. The first-order valence-electron chi connectivity index (χ1n) is 8.75. The fourth-order valence-electron chi connectivity index (χ4n) is 2.94. The summed E-state index contributed by atoms with van der Waals surface area (Å²) in [5, 5.41) is 4.75. The molecule has 2 N–H and O–H groups in total. The van der Waals surface area contributed by atoms with E-state index in [1.54, 1.807) is 7.11 Å². The van der Waals surface area contributed by atoms with E-state index in [0.29, 0.717) is 6.61 Å². The summed E-state index contributed by atoms with van der Waals surface area (Å²) in [7, 11) is 1.70. The van der Waals surface area contributed by atoms with Gasteiger partial charge in [-0.1, -0.05) is 12.1 Å². The average molecular weight is 338 g/mol. The number of ether oxygens (including phenoxy) is 2. The number of hydrogen-bond acceptors (Lipinski definition) is 3. The van der Waals surface area contributed by atoms with Gasteiger partial charge in [-0.05, 0) is 68.3 Å². The number of H-pyrrole nitrogens is 1. The predicted octanol–water partition coefficient (Wildman–Crippen LogP) is 4.60. The molecular weight excluding hydrogens is 312 g/mol. The molecule has 1 heterocycles. The van der Waals surface area contributed by atoms with E-state index >= 15 is 0 Å². The Kier molecular flexibility index (Phi) is 5.61. The smallest absolute Gasteiger partial charge is 0.120 e. The number of methoxy groups -OCH3 is 1. The van der Waals surface area contributed by atoms with Crippen LogP contribution < -0.4 is 14.8 Å². The van der Waals surface area contributed by atoms with Crippen molar-refractivity contribution < 1.29 is 9.47 Å². The van der Waals surface area contributed by atoms with Gasteiger partial charge in [0.05, 0.1) is 13.7 Å². The fourth-order valence-corrected chi connectivity index (χ4v) is 2.94. The van der Waals surface area contributed by atoms with Gasteiger partial charge in [0.2, 0.25) is 0 Å². The molecule has 3 rings (SSSR count). The molecule has 132 valence electrons. The van der Waals surface area contributed by atoms with Gasteiger partial charge in [-0.15, -0.1) is 0 Å². The van der Waals surface area contributed by atoms with Gasteiger partial charge in [-0.3, -0.25) is 0 Å². The average Bonchev–Trinajstić information content (AvgIpc) is 3.02. The summed E-state index contributed by atoms with van der Waals surface area (Å²) in [5.41, 5.74) is 3.63. The lowest BCUT2D eigenvalue weighted by atomic mass is 10.1. The standard InChI is InChI=1S/C21H26N2O2/c1-15-14-23-21-9-8-19(13-20(15)21)25-11-5-10-22-16(2)17-6-4-7-18(12-17)24-3/h4,6-9,12-14,16,22-23H,5,10-11H2,1-3H3/t16-/m1/s1. The van der Waals surface area contributed by atoms with E-state index < -0.39 is 0 Å². The summed E-state index contributed by atoms with van der Waals surface area (Å²) in [6.07, 6.45) is 2.98. The Hall–Kier alpha value is -2.46. The number of fused-ring (bicyclic) bond motifs is 1. The summed E-state index contributed by atoms with van der Waals surface area (Å²) in [6.45, 7) is 5.88. The quantitative estimate of drug-likeness (QED) is 0.590. The zero-order valence-electron chi connectivity index (χ0n) is 15.1. The molecule has 3 aromatic rings. The molecule has 0 fully saturated rings. The van der Waals surface area contributed by atoms with Crippen molar-refractivity contribution in [2.75, 3.05) is 20.3 Å². The SMILES string of the molecule is COc1cccc([C@@H](C)NCCCOc2ccc3[nH]cc(C)c3c2)c1. The van der Waals surface area contributed by atoms with Crippen LogP contribution in [0.25, 0.3) is 10.9 Å². The van der Waals surface area contributed by atoms with Crippen molar-refractivity contribution in [1.82, 2.24) is 10.3 Å². The minimum Gasteiger partial charge on any atom is -0.497 e.